The molecule has 1 N–H and O–H groups in total. The van der Waals surface area contributed by atoms with Gasteiger partial charge in [0.25, 0.3) is 0 Å². The largest absolute Gasteiger partial charge is 0.464 e. The van der Waals surface area contributed by atoms with Crippen LogP contribution < -0.4 is 5.32 Å². The molecule has 0 amide bonds. The molecule has 1 aliphatic rings. The van der Waals surface area contributed by atoms with Gasteiger partial charge in [-0.3, -0.25) is 10.1 Å². The molecule has 1 heterocycles. The van der Waals surface area contributed by atoms with Gasteiger partial charge in [0.1, 0.15) is 0 Å². The Kier molecular flexibility index (Phi) is 5.42. The molecule has 0 radical (unpaired) electrons. The van der Waals surface area contributed by atoms with Crippen molar-refractivity contribution in [2.45, 2.75) is 31.2 Å². The SMILES string of the molecule is CCCCOC(=O)C1NC(C(=O)Cl)CS1. The number of thioether (sulfide) groups is 1. The molecule has 0 bridgehead atoms. The van der Waals surface area contributed by atoms with Gasteiger partial charge in [0, 0.05) is 5.75 Å². The molecule has 1 saturated heterocycles. The van der Waals surface area contributed by atoms with E-state index in [4.69, 9.17) is 16.3 Å². The molecule has 2 atom stereocenters. The molecule has 0 aromatic heterocycles. The van der Waals surface area contributed by atoms with Gasteiger partial charge in [-0.15, -0.1) is 11.8 Å². The number of nitrogens with one attached hydrogen (secondary N) is 1. The normalized spacial score (nSPS) is 25.2. The lowest BCUT2D eigenvalue weighted by Crippen LogP contribution is -2.39. The maximum Gasteiger partial charge on any atom is 0.333 e. The molecule has 86 valence electrons. The first-order valence-electron chi connectivity index (χ1n) is 4.88. The van der Waals surface area contributed by atoms with Gasteiger partial charge in [0.05, 0.1) is 12.6 Å². The van der Waals surface area contributed by atoms with Crippen LogP contribution in [0.3, 0.4) is 0 Å². The Morgan fingerprint density at radius 2 is 2.33 bits per heavy atom. The number of carbonyl (C=O) groups excluding carboxylic acids is 2. The lowest BCUT2D eigenvalue weighted by molar-refractivity contribution is -0.143. The zero-order valence-corrected chi connectivity index (χ0v) is 10.1. The Hall–Kier alpha value is -0.260. The summed E-state index contributed by atoms with van der Waals surface area (Å²) in [5.74, 6) is 0.212. The number of hydrogen-bond donors (Lipinski definition) is 1. The number of ether oxygens (including phenoxy) is 1. The van der Waals surface area contributed by atoms with Crippen LogP contribution >= 0.6 is 23.4 Å². The van der Waals surface area contributed by atoms with Crippen LogP contribution in [0, 0.1) is 0 Å². The minimum Gasteiger partial charge on any atom is -0.464 e. The van der Waals surface area contributed by atoms with Crippen molar-refractivity contribution in [3.8, 4) is 0 Å². The first kappa shape index (κ1) is 12.8. The van der Waals surface area contributed by atoms with Crippen LogP contribution in [-0.2, 0) is 14.3 Å². The summed E-state index contributed by atoms with van der Waals surface area (Å²) < 4.78 is 5.02. The van der Waals surface area contributed by atoms with Crippen LogP contribution in [0.25, 0.3) is 0 Å². The average molecular weight is 252 g/mol. The van der Waals surface area contributed by atoms with Crippen molar-refractivity contribution in [2.24, 2.45) is 0 Å². The predicted octanol–water partition coefficient (Wildman–Crippen LogP) is 1.13. The van der Waals surface area contributed by atoms with E-state index in [0.717, 1.165) is 12.8 Å². The summed E-state index contributed by atoms with van der Waals surface area (Å²) >= 11 is 6.67. The second-order valence-electron chi connectivity index (χ2n) is 3.26. The number of carbonyl (C=O) groups is 2. The molecule has 1 rings (SSSR count). The highest BCUT2D eigenvalue weighted by atomic mass is 35.5. The van der Waals surface area contributed by atoms with E-state index >= 15 is 0 Å². The Bertz CT molecular complexity index is 250. The van der Waals surface area contributed by atoms with Crippen molar-refractivity contribution in [3.05, 3.63) is 0 Å². The molecule has 6 heteroatoms. The van der Waals surface area contributed by atoms with Crippen molar-refractivity contribution in [1.82, 2.24) is 5.32 Å². The highest BCUT2D eigenvalue weighted by Crippen LogP contribution is 2.21. The molecule has 15 heavy (non-hydrogen) atoms. The fourth-order valence-corrected chi connectivity index (χ4v) is 2.46. The zero-order chi connectivity index (χ0) is 11.3. The Labute approximate surface area is 98.1 Å². The fraction of sp³-hybridized carbons (Fsp3) is 0.778. The number of rotatable bonds is 5. The summed E-state index contributed by atoms with van der Waals surface area (Å²) in [6, 6.07) is -0.430. The summed E-state index contributed by atoms with van der Waals surface area (Å²) in [6.07, 6.45) is 1.85. The van der Waals surface area contributed by atoms with Gasteiger partial charge in [0.2, 0.25) is 5.24 Å². The molecule has 0 aliphatic carbocycles. The quantitative estimate of drug-likeness (QED) is 0.451. The van der Waals surface area contributed by atoms with Crippen molar-refractivity contribution >= 4 is 34.6 Å². The fourth-order valence-electron chi connectivity index (χ4n) is 1.13. The predicted molar refractivity (Wildman–Crippen MR) is 59.9 cm³/mol. The molecule has 0 aromatic carbocycles. The summed E-state index contributed by atoms with van der Waals surface area (Å²) in [6.45, 7) is 2.46. The van der Waals surface area contributed by atoms with E-state index in [1.54, 1.807) is 0 Å². The molecular formula is C9H14ClNO3S. The van der Waals surface area contributed by atoms with E-state index in [0.29, 0.717) is 12.4 Å². The van der Waals surface area contributed by atoms with Crippen LogP contribution in [0.15, 0.2) is 0 Å². The average Bonchev–Trinajstić information content (AvgIpc) is 2.66. The van der Waals surface area contributed by atoms with E-state index in [-0.39, 0.29) is 5.97 Å². The summed E-state index contributed by atoms with van der Waals surface area (Å²) in [7, 11) is 0. The minimum atomic E-state index is -0.452. The second-order valence-corrected chi connectivity index (χ2v) is 4.77. The van der Waals surface area contributed by atoms with Gasteiger partial charge in [-0.05, 0) is 18.0 Å². The monoisotopic (exact) mass is 251 g/mol. The minimum absolute atomic E-state index is 0.311. The smallest absolute Gasteiger partial charge is 0.333 e. The number of esters is 1. The van der Waals surface area contributed by atoms with Gasteiger partial charge < -0.3 is 4.74 Å². The molecular weight excluding hydrogens is 238 g/mol. The van der Waals surface area contributed by atoms with Gasteiger partial charge in [-0.25, -0.2) is 4.79 Å². The maximum atomic E-state index is 11.4. The number of hydrogen-bond acceptors (Lipinski definition) is 5. The van der Waals surface area contributed by atoms with Crippen molar-refractivity contribution in [2.75, 3.05) is 12.4 Å². The first-order chi connectivity index (χ1) is 7.15. The van der Waals surface area contributed by atoms with Crippen molar-refractivity contribution < 1.29 is 14.3 Å². The maximum absolute atomic E-state index is 11.4. The van der Waals surface area contributed by atoms with E-state index in [9.17, 15) is 9.59 Å². The van der Waals surface area contributed by atoms with E-state index in [1.807, 2.05) is 6.92 Å². The third-order valence-corrected chi connectivity index (χ3v) is 3.46. The van der Waals surface area contributed by atoms with Gasteiger partial charge in [-0.1, -0.05) is 13.3 Å². The molecule has 1 aliphatic heterocycles. The standard InChI is InChI=1S/C9H14ClNO3S/c1-2-3-4-14-9(13)8-11-6(5-15-8)7(10)12/h6,8,11H,2-5H2,1H3. The van der Waals surface area contributed by atoms with Crippen LogP contribution in [0.1, 0.15) is 19.8 Å². The second kappa shape index (κ2) is 6.35. The van der Waals surface area contributed by atoms with Gasteiger partial charge in [-0.2, -0.15) is 0 Å². The van der Waals surface area contributed by atoms with E-state index < -0.39 is 16.7 Å². The van der Waals surface area contributed by atoms with E-state index in [2.05, 4.69) is 5.32 Å². The highest BCUT2D eigenvalue weighted by molar-refractivity contribution is 8.00. The van der Waals surface area contributed by atoms with Crippen molar-refractivity contribution in [1.29, 1.82) is 0 Å². The van der Waals surface area contributed by atoms with E-state index in [1.165, 1.54) is 11.8 Å². The molecule has 1 fully saturated rings. The van der Waals surface area contributed by atoms with Crippen LogP contribution in [-0.4, -0.2) is 35.0 Å². The van der Waals surface area contributed by atoms with Crippen molar-refractivity contribution in [3.63, 3.8) is 0 Å². The Balaban J connectivity index is 2.27. The van der Waals surface area contributed by atoms with Gasteiger partial charge >= 0.3 is 5.97 Å². The van der Waals surface area contributed by atoms with Gasteiger partial charge in [0.15, 0.2) is 5.37 Å². The molecule has 0 spiro atoms. The first-order valence-corrected chi connectivity index (χ1v) is 6.31. The topological polar surface area (TPSA) is 55.4 Å². The molecule has 4 nitrogen and oxygen atoms in total. The summed E-state index contributed by atoms with van der Waals surface area (Å²) in [5, 5.41) is 1.92. The lowest BCUT2D eigenvalue weighted by atomic mass is 10.3. The Morgan fingerprint density at radius 3 is 2.87 bits per heavy atom. The van der Waals surface area contributed by atoms with Crippen LogP contribution in [0.5, 0.6) is 0 Å². The zero-order valence-electron chi connectivity index (χ0n) is 8.49. The number of halogens is 1. The van der Waals surface area contributed by atoms with Crippen LogP contribution in [0.2, 0.25) is 0 Å². The highest BCUT2D eigenvalue weighted by Gasteiger charge is 2.33. The third-order valence-electron chi connectivity index (χ3n) is 2.01. The molecule has 0 saturated carbocycles. The summed E-state index contributed by atoms with van der Waals surface area (Å²) in [4.78, 5) is 22.2. The third kappa shape index (κ3) is 4.01. The molecule has 0 aromatic rings. The lowest BCUT2D eigenvalue weighted by Gasteiger charge is -2.10. The molecule has 2 unspecified atom stereocenters. The number of unbranched alkanes of at least 4 members (excludes halogenated alkanes) is 1. The van der Waals surface area contributed by atoms with Crippen LogP contribution in [0.4, 0.5) is 0 Å². The summed E-state index contributed by atoms with van der Waals surface area (Å²) in [5.41, 5.74) is 0. The Morgan fingerprint density at radius 1 is 1.60 bits per heavy atom.